The molecular weight excluding hydrogens is 1160 g/mol. The van der Waals surface area contributed by atoms with Crippen LogP contribution in [0.15, 0.2) is 388 Å². The van der Waals surface area contributed by atoms with E-state index in [1.54, 1.807) is 0 Å². The number of aromatic nitrogens is 2. The van der Waals surface area contributed by atoms with Crippen molar-refractivity contribution in [3.05, 3.63) is 388 Å². The van der Waals surface area contributed by atoms with E-state index in [1.165, 1.54) is 110 Å². The van der Waals surface area contributed by atoms with E-state index in [9.17, 15) is 0 Å². The Balaban J connectivity index is 0.000000145. The fraction of sp³-hybridized carbons (Fsp3) is 0. The van der Waals surface area contributed by atoms with Crippen LogP contribution in [0.1, 0.15) is 0 Å². The molecule has 2 aromatic heterocycles. The number of para-hydroxylation sites is 4. The van der Waals surface area contributed by atoms with Gasteiger partial charge in [0.05, 0.1) is 22.1 Å². The first-order chi connectivity index (χ1) is 47.6. The molecule has 0 fully saturated rings. The van der Waals surface area contributed by atoms with Gasteiger partial charge in [0.15, 0.2) is 0 Å². The zero-order valence-electron chi connectivity index (χ0n) is 52.7. The average molecular weight is 1230 g/mol. The molecule has 0 aliphatic heterocycles. The Hall–Kier alpha value is -12.8. The highest BCUT2D eigenvalue weighted by molar-refractivity contribution is 6.10. The summed E-state index contributed by atoms with van der Waals surface area (Å²) in [4.78, 5) is 4.69. The van der Waals surface area contributed by atoms with Gasteiger partial charge >= 0.3 is 0 Å². The largest absolute Gasteiger partial charge is 0.311 e. The Morgan fingerprint density at radius 1 is 0.167 bits per heavy atom. The van der Waals surface area contributed by atoms with Gasteiger partial charge in [-0.15, -0.1) is 0 Å². The zero-order valence-corrected chi connectivity index (χ0v) is 52.7. The number of fused-ring (bicyclic) bond motifs is 8. The molecule has 0 saturated heterocycles. The first-order valence-electron chi connectivity index (χ1n) is 32.9. The van der Waals surface area contributed by atoms with Gasteiger partial charge < -0.3 is 18.9 Å². The molecule has 0 N–H and O–H groups in total. The molecule has 452 valence electrons. The summed E-state index contributed by atoms with van der Waals surface area (Å²) < 4.78 is 4.73. The van der Waals surface area contributed by atoms with Crippen molar-refractivity contribution in [1.29, 1.82) is 0 Å². The number of hydrogen-bond acceptors (Lipinski definition) is 2. The minimum absolute atomic E-state index is 1.10. The fourth-order valence-corrected chi connectivity index (χ4v) is 14.1. The lowest BCUT2D eigenvalue weighted by Crippen LogP contribution is -2.10. The van der Waals surface area contributed by atoms with Crippen molar-refractivity contribution in [2.75, 3.05) is 9.80 Å². The van der Waals surface area contributed by atoms with E-state index in [2.05, 4.69) is 407 Å². The maximum Gasteiger partial charge on any atom is 0.0541 e. The molecule has 2 heterocycles. The molecule has 0 spiro atoms. The lowest BCUT2D eigenvalue weighted by Gasteiger charge is -2.26. The topological polar surface area (TPSA) is 16.3 Å². The Morgan fingerprint density at radius 2 is 0.448 bits per heavy atom. The van der Waals surface area contributed by atoms with Gasteiger partial charge in [0, 0.05) is 67.0 Å². The van der Waals surface area contributed by atoms with Gasteiger partial charge in [0.25, 0.3) is 0 Å². The van der Waals surface area contributed by atoms with E-state index in [-0.39, 0.29) is 0 Å². The van der Waals surface area contributed by atoms with Gasteiger partial charge in [-0.25, -0.2) is 0 Å². The molecule has 0 radical (unpaired) electrons. The van der Waals surface area contributed by atoms with E-state index in [1.807, 2.05) is 0 Å². The standard InChI is InChI=1S/2C46H32N2/c1-2-11-33(12-3-1)34-21-25-37(26-22-34)47(38-27-23-36(24-28-38)42-18-10-14-35-13-4-5-15-41(35)42)39-29-31-40(32-30-39)48-45-19-8-6-16-43(45)44-17-7-9-20-46(44)48;1-2-10-33(11-3-1)35-20-24-39(25-21-35)47(40-26-22-36(23-27-40)38-19-18-34-12-4-5-13-37(34)32-38)41-28-30-42(31-29-41)48-45-16-8-6-14-43(45)44-15-7-9-17-46(44)48/h2*1-32H. The molecule has 0 bridgehead atoms. The number of nitrogens with zero attached hydrogens (tertiary/aromatic N) is 4. The maximum absolute atomic E-state index is 2.37. The predicted molar refractivity (Wildman–Crippen MR) is 408 cm³/mol. The summed E-state index contributed by atoms with van der Waals surface area (Å²) in [5, 5.41) is 10.1. The first kappa shape index (κ1) is 57.2. The van der Waals surface area contributed by atoms with Crippen LogP contribution in [0, 0.1) is 0 Å². The van der Waals surface area contributed by atoms with Crippen LogP contribution in [0.3, 0.4) is 0 Å². The second-order valence-electron chi connectivity index (χ2n) is 24.5. The van der Waals surface area contributed by atoms with Crippen LogP contribution in [0.2, 0.25) is 0 Å². The van der Waals surface area contributed by atoms with Crippen molar-refractivity contribution in [2.24, 2.45) is 0 Å². The molecule has 0 saturated carbocycles. The highest BCUT2D eigenvalue weighted by Crippen LogP contribution is 2.42. The van der Waals surface area contributed by atoms with E-state index < -0.39 is 0 Å². The van der Waals surface area contributed by atoms with Crippen LogP contribution in [-0.4, -0.2) is 9.13 Å². The molecule has 0 aliphatic rings. The molecule has 96 heavy (non-hydrogen) atoms. The maximum atomic E-state index is 2.37. The predicted octanol–water partition coefficient (Wildman–Crippen LogP) is 25.5. The van der Waals surface area contributed by atoms with E-state index in [4.69, 9.17) is 0 Å². The van der Waals surface area contributed by atoms with E-state index in [0.29, 0.717) is 0 Å². The van der Waals surface area contributed by atoms with Crippen molar-refractivity contribution in [1.82, 2.24) is 9.13 Å². The highest BCUT2D eigenvalue weighted by atomic mass is 15.1. The third-order valence-electron chi connectivity index (χ3n) is 18.8. The van der Waals surface area contributed by atoms with Gasteiger partial charge in [-0.2, -0.15) is 0 Å². The average Bonchev–Trinajstić information content (AvgIpc) is 1.69. The lowest BCUT2D eigenvalue weighted by atomic mass is 9.98. The summed E-state index contributed by atoms with van der Waals surface area (Å²) in [6.07, 6.45) is 0. The molecule has 18 rings (SSSR count). The second kappa shape index (κ2) is 25.0. The summed E-state index contributed by atoms with van der Waals surface area (Å²) in [5.74, 6) is 0. The molecule has 4 heteroatoms. The fourth-order valence-electron chi connectivity index (χ4n) is 14.1. The van der Waals surface area contributed by atoms with Crippen LogP contribution in [0.4, 0.5) is 34.1 Å². The smallest absolute Gasteiger partial charge is 0.0541 e. The van der Waals surface area contributed by atoms with Crippen molar-refractivity contribution < 1.29 is 0 Å². The number of rotatable bonds is 12. The zero-order chi connectivity index (χ0) is 63.7. The molecular formula is C92H64N4. The Bertz CT molecular complexity index is 5660. The van der Waals surface area contributed by atoms with Gasteiger partial charge in [0.1, 0.15) is 0 Å². The minimum Gasteiger partial charge on any atom is -0.311 e. The Morgan fingerprint density at radius 3 is 0.854 bits per heavy atom. The van der Waals surface area contributed by atoms with Crippen molar-refractivity contribution in [2.45, 2.75) is 0 Å². The molecule has 0 aliphatic carbocycles. The summed E-state index contributed by atoms with van der Waals surface area (Å²) in [7, 11) is 0. The van der Waals surface area contributed by atoms with E-state index >= 15 is 0 Å². The highest BCUT2D eigenvalue weighted by Gasteiger charge is 2.19. The molecule has 4 nitrogen and oxygen atoms in total. The lowest BCUT2D eigenvalue weighted by molar-refractivity contribution is 1.17. The van der Waals surface area contributed by atoms with Crippen LogP contribution in [0.5, 0.6) is 0 Å². The third kappa shape index (κ3) is 10.8. The third-order valence-corrected chi connectivity index (χ3v) is 18.8. The molecule has 0 atom stereocenters. The van der Waals surface area contributed by atoms with Crippen LogP contribution in [0.25, 0.3) is 121 Å². The Labute approximate surface area is 559 Å². The number of hydrogen-bond donors (Lipinski definition) is 0. The first-order valence-corrected chi connectivity index (χ1v) is 32.9. The van der Waals surface area contributed by atoms with Crippen LogP contribution in [-0.2, 0) is 0 Å². The number of benzene rings is 16. The summed E-state index contributed by atoms with van der Waals surface area (Å²) in [5.41, 5.74) is 23.5. The molecule has 16 aromatic carbocycles. The van der Waals surface area contributed by atoms with Crippen molar-refractivity contribution >= 4 is 99.3 Å². The Kier molecular flexibility index (Phi) is 14.9. The normalized spacial score (nSPS) is 11.3. The molecule has 0 amide bonds. The van der Waals surface area contributed by atoms with Gasteiger partial charge in [0.2, 0.25) is 0 Å². The number of anilines is 6. The molecule has 18 aromatic rings. The monoisotopic (exact) mass is 1220 g/mol. The van der Waals surface area contributed by atoms with E-state index in [0.717, 1.165) is 45.5 Å². The summed E-state index contributed by atoms with van der Waals surface area (Å²) >= 11 is 0. The summed E-state index contributed by atoms with van der Waals surface area (Å²) in [6, 6.07) is 140. The van der Waals surface area contributed by atoms with Crippen LogP contribution < -0.4 is 9.80 Å². The quantitative estimate of drug-likeness (QED) is 0.121. The van der Waals surface area contributed by atoms with Crippen molar-refractivity contribution in [3.8, 4) is 55.9 Å². The van der Waals surface area contributed by atoms with Gasteiger partial charge in [-0.05, 0) is 193 Å². The van der Waals surface area contributed by atoms with Crippen molar-refractivity contribution in [3.63, 3.8) is 0 Å². The molecule has 0 unspecified atom stereocenters. The summed E-state index contributed by atoms with van der Waals surface area (Å²) in [6.45, 7) is 0. The second-order valence-corrected chi connectivity index (χ2v) is 24.5. The minimum atomic E-state index is 1.10. The van der Waals surface area contributed by atoms with Crippen LogP contribution >= 0.6 is 0 Å². The van der Waals surface area contributed by atoms with Gasteiger partial charge in [-0.1, -0.05) is 261 Å². The van der Waals surface area contributed by atoms with Gasteiger partial charge in [-0.3, -0.25) is 0 Å². The SMILES string of the molecule is c1ccc(-c2ccc(N(c3ccc(-c4ccc5ccccc5c4)cc3)c3ccc(-n4c5ccccc5c5ccccc54)cc3)cc2)cc1.c1ccc(-c2ccc(N(c3ccc(-c4cccc5ccccc45)cc3)c3ccc(-n4c5ccccc5c5ccccc54)cc3)cc2)cc1.